The van der Waals surface area contributed by atoms with Gasteiger partial charge >= 0.3 is 0 Å². The summed E-state index contributed by atoms with van der Waals surface area (Å²) >= 11 is 0. The van der Waals surface area contributed by atoms with E-state index < -0.39 is 0 Å². The van der Waals surface area contributed by atoms with E-state index in [0.29, 0.717) is 5.92 Å². The Morgan fingerprint density at radius 1 is 1.55 bits per heavy atom. The van der Waals surface area contributed by atoms with Crippen LogP contribution in [0.1, 0.15) is 6.42 Å². The standard InChI is InChI=1S/C11H8/c1-3-10-7-9-5-6-11(10,4-2)8-9/h1-2,5-7,9H,8H2. The van der Waals surface area contributed by atoms with Crippen LogP contribution in [-0.2, 0) is 0 Å². The van der Waals surface area contributed by atoms with Gasteiger partial charge in [-0.05, 0) is 12.3 Å². The SMILES string of the molecule is C#CC1=CC2C=CC1(C#C)C2. The number of allylic oxidation sites excluding steroid dienone is 4. The van der Waals surface area contributed by atoms with E-state index in [1.165, 1.54) is 0 Å². The molecule has 2 unspecified atom stereocenters. The molecule has 2 aliphatic carbocycles. The van der Waals surface area contributed by atoms with Crippen LogP contribution < -0.4 is 0 Å². The Hall–Kier alpha value is -1.40. The highest BCUT2D eigenvalue weighted by atomic mass is 14.4. The van der Waals surface area contributed by atoms with Crippen molar-refractivity contribution in [2.45, 2.75) is 6.42 Å². The fraction of sp³-hybridized carbons (Fsp3) is 0.273. The number of hydrogen-bond donors (Lipinski definition) is 0. The van der Waals surface area contributed by atoms with Crippen LogP contribution in [0, 0.1) is 36.0 Å². The maximum absolute atomic E-state index is 5.43. The molecule has 0 radical (unpaired) electrons. The second-order valence-corrected chi connectivity index (χ2v) is 3.07. The van der Waals surface area contributed by atoms with Crippen molar-refractivity contribution in [3.63, 3.8) is 0 Å². The number of terminal acetylenes is 2. The van der Waals surface area contributed by atoms with E-state index in [0.717, 1.165) is 12.0 Å². The largest absolute Gasteiger partial charge is 0.119 e. The molecule has 11 heavy (non-hydrogen) atoms. The van der Waals surface area contributed by atoms with Gasteiger partial charge in [-0.25, -0.2) is 0 Å². The molecule has 2 atom stereocenters. The van der Waals surface area contributed by atoms with Gasteiger partial charge in [0.15, 0.2) is 0 Å². The molecule has 0 fully saturated rings. The zero-order chi connectivity index (χ0) is 7.90. The van der Waals surface area contributed by atoms with Crippen LogP contribution in [0.3, 0.4) is 0 Å². The van der Waals surface area contributed by atoms with Gasteiger partial charge in [0.05, 0.1) is 5.41 Å². The van der Waals surface area contributed by atoms with Crippen LogP contribution in [-0.4, -0.2) is 0 Å². The molecule has 0 aliphatic heterocycles. The lowest BCUT2D eigenvalue weighted by Gasteiger charge is -2.16. The molecule has 0 heterocycles. The molecule has 0 heteroatoms. The molecule has 0 aromatic carbocycles. The van der Waals surface area contributed by atoms with Gasteiger partial charge in [-0.1, -0.05) is 30.1 Å². The van der Waals surface area contributed by atoms with Crippen LogP contribution in [0.15, 0.2) is 23.8 Å². The van der Waals surface area contributed by atoms with Gasteiger partial charge in [-0.3, -0.25) is 0 Å². The Balaban J connectivity index is 2.51. The van der Waals surface area contributed by atoms with E-state index in [1.807, 2.05) is 0 Å². The van der Waals surface area contributed by atoms with Crippen molar-refractivity contribution < 1.29 is 0 Å². The smallest absolute Gasteiger partial charge is 0.0823 e. The Kier molecular flexibility index (Phi) is 1.04. The van der Waals surface area contributed by atoms with E-state index in [-0.39, 0.29) is 5.41 Å². The van der Waals surface area contributed by atoms with Crippen molar-refractivity contribution in [2.75, 3.05) is 0 Å². The molecule has 0 saturated heterocycles. The van der Waals surface area contributed by atoms with Crippen LogP contribution >= 0.6 is 0 Å². The summed E-state index contributed by atoms with van der Waals surface area (Å²) in [5, 5.41) is 0. The van der Waals surface area contributed by atoms with Crippen molar-refractivity contribution in [2.24, 2.45) is 11.3 Å². The van der Waals surface area contributed by atoms with Crippen LogP contribution in [0.5, 0.6) is 0 Å². The highest BCUT2D eigenvalue weighted by molar-refractivity contribution is 5.51. The molecule has 0 saturated carbocycles. The van der Waals surface area contributed by atoms with E-state index in [9.17, 15) is 0 Å². The summed E-state index contributed by atoms with van der Waals surface area (Å²) in [6.45, 7) is 0. The fourth-order valence-corrected chi connectivity index (χ4v) is 1.83. The van der Waals surface area contributed by atoms with Crippen LogP contribution in [0.2, 0.25) is 0 Å². The van der Waals surface area contributed by atoms with Gasteiger partial charge in [0.25, 0.3) is 0 Å². The second-order valence-electron chi connectivity index (χ2n) is 3.07. The van der Waals surface area contributed by atoms with Crippen LogP contribution in [0.4, 0.5) is 0 Å². The molecule has 0 spiro atoms. The second kappa shape index (κ2) is 1.80. The van der Waals surface area contributed by atoms with Crippen molar-refractivity contribution in [1.82, 2.24) is 0 Å². The Labute approximate surface area is 67.0 Å². The third kappa shape index (κ3) is 0.619. The first-order valence-electron chi connectivity index (χ1n) is 3.67. The predicted octanol–water partition coefficient (Wildman–Crippen LogP) is 1.76. The third-order valence-corrected chi connectivity index (χ3v) is 2.46. The first kappa shape index (κ1) is 6.32. The summed E-state index contributed by atoms with van der Waals surface area (Å²) in [5.74, 6) is 5.92. The topological polar surface area (TPSA) is 0 Å². The van der Waals surface area contributed by atoms with Crippen molar-refractivity contribution >= 4 is 0 Å². The lowest BCUT2D eigenvalue weighted by Crippen LogP contribution is -2.11. The summed E-state index contributed by atoms with van der Waals surface area (Å²) in [6.07, 6.45) is 18.1. The third-order valence-electron chi connectivity index (χ3n) is 2.46. The number of hydrogen-bond acceptors (Lipinski definition) is 0. The molecule has 0 amide bonds. The van der Waals surface area contributed by atoms with E-state index in [2.05, 4.69) is 30.1 Å². The van der Waals surface area contributed by atoms with Gasteiger partial charge in [-0.2, -0.15) is 0 Å². The molecule has 0 aromatic rings. The average molecular weight is 140 g/mol. The first-order chi connectivity index (χ1) is 5.30. The maximum atomic E-state index is 5.43. The van der Waals surface area contributed by atoms with E-state index >= 15 is 0 Å². The number of rotatable bonds is 0. The monoisotopic (exact) mass is 140 g/mol. The molecule has 2 rings (SSSR count). The lowest BCUT2D eigenvalue weighted by molar-refractivity contribution is 0.609. The van der Waals surface area contributed by atoms with Gasteiger partial charge in [0, 0.05) is 5.57 Å². The summed E-state index contributed by atoms with van der Waals surface area (Å²) in [5.41, 5.74) is 0.770. The molecular formula is C11H8. The number of fused-ring (bicyclic) bond motifs is 2. The van der Waals surface area contributed by atoms with Crippen LogP contribution in [0.25, 0.3) is 0 Å². The van der Waals surface area contributed by atoms with Gasteiger partial charge < -0.3 is 0 Å². The quantitative estimate of drug-likeness (QED) is 0.355. The van der Waals surface area contributed by atoms with Crippen molar-refractivity contribution in [3.8, 4) is 24.7 Å². The van der Waals surface area contributed by atoms with E-state index in [1.54, 1.807) is 0 Å². The Bertz CT molecular complexity index is 330. The summed E-state index contributed by atoms with van der Waals surface area (Å²) < 4.78 is 0. The summed E-state index contributed by atoms with van der Waals surface area (Å²) in [6, 6.07) is 0. The molecule has 0 aromatic heterocycles. The van der Waals surface area contributed by atoms with Crippen molar-refractivity contribution in [1.29, 1.82) is 0 Å². The lowest BCUT2D eigenvalue weighted by atomic mass is 9.84. The zero-order valence-corrected chi connectivity index (χ0v) is 6.17. The molecule has 2 bridgehead atoms. The summed E-state index contributed by atoms with van der Waals surface area (Å²) in [4.78, 5) is 0. The van der Waals surface area contributed by atoms with Gasteiger partial charge in [0.2, 0.25) is 0 Å². The summed E-state index contributed by atoms with van der Waals surface area (Å²) in [7, 11) is 0. The van der Waals surface area contributed by atoms with Gasteiger partial charge in [-0.15, -0.1) is 12.8 Å². The highest BCUT2D eigenvalue weighted by Gasteiger charge is 2.40. The van der Waals surface area contributed by atoms with Gasteiger partial charge in [0.1, 0.15) is 0 Å². The van der Waals surface area contributed by atoms with Crippen molar-refractivity contribution in [3.05, 3.63) is 23.8 Å². The molecular weight excluding hydrogens is 132 g/mol. The Morgan fingerprint density at radius 3 is 2.82 bits per heavy atom. The highest BCUT2D eigenvalue weighted by Crippen LogP contribution is 2.47. The molecule has 52 valence electrons. The normalized spacial score (nSPS) is 38.0. The molecule has 0 nitrogen and oxygen atoms in total. The minimum Gasteiger partial charge on any atom is -0.119 e. The first-order valence-corrected chi connectivity index (χ1v) is 3.67. The fourth-order valence-electron chi connectivity index (χ4n) is 1.83. The maximum Gasteiger partial charge on any atom is 0.0823 e. The average Bonchev–Trinajstić information content (AvgIpc) is 2.60. The zero-order valence-electron chi connectivity index (χ0n) is 6.17. The molecule has 2 aliphatic rings. The minimum absolute atomic E-state index is 0.209. The molecule has 0 N–H and O–H groups in total. The predicted molar refractivity (Wildman–Crippen MR) is 45.4 cm³/mol. The minimum atomic E-state index is -0.209. The van der Waals surface area contributed by atoms with E-state index in [4.69, 9.17) is 12.8 Å². The Morgan fingerprint density at radius 2 is 2.36 bits per heavy atom.